The first-order chi connectivity index (χ1) is 13.5. The van der Waals surface area contributed by atoms with Gasteiger partial charge in [0.05, 0.1) is 12.6 Å². The molecule has 1 fully saturated rings. The van der Waals surface area contributed by atoms with Gasteiger partial charge < -0.3 is 15.4 Å². The summed E-state index contributed by atoms with van der Waals surface area (Å²) in [5, 5.41) is 5.06. The maximum Gasteiger partial charge on any atom is 0.251 e. The number of ether oxygens (including phenoxy) is 1. The fourth-order valence-electron chi connectivity index (χ4n) is 3.15. The minimum atomic E-state index is -0.853. The van der Waals surface area contributed by atoms with Crippen LogP contribution in [0.15, 0.2) is 42.5 Å². The van der Waals surface area contributed by atoms with Crippen LogP contribution in [0.25, 0.3) is 0 Å². The average Bonchev–Trinajstić information content (AvgIpc) is 3.17. The van der Waals surface area contributed by atoms with E-state index in [-0.39, 0.29) is 24.8 Å². The van der Waals surface area contributed by atoms with Gasteiger partial charge in [-0.2, -0.15) is 0 Å². The second kappa shape index (κ2) is 9.30. The Morgan fingerprint density at radius 3 is 2.39 bits per heavy atom. The van der Waals surface area contributed by atoms with Gasteiger partial charge in [-0.1, -0.05) is 18.2 Å². The van der Waals surface area contributed by atoms with Crippen LogP contribution in [0.1, 0.15) is 41.6 Å². The summed E-state index contributed by atoms with van der Waals surface area (Å²) >= 11 is 0. The van der Waals surface area contributed by atoms with Gasteiger partial charge in [-0.15, -0.1) is 0 Å². The van der Waals surface area contributed by atoms with Crippen molar-refractivity contribution in [1.29, 1.82) is 0 Å². The van der Waals surface area contributed by atoms with Crippen molar-refractivity contribution in [3.8, 4) is 5.75 Å². The highest BCUT2D eigenvalue weighted by Gasteiger charge is 2.18. The summed E-state index contributed by atoms with van der Waals surface area (Å²) in [6, 6.07) is 9.99. The topological polar surface area (TPSA) is 67.4 Å². The molecule has 2 amide bonds. The first kappa shape index (κ1) is 19.8. The molecule has 7 heteroatoms. The molecule has 2 N–H and O–H groups in total. The van der Waals surface area contributed by atoms with Crippen molar-refractivity contribution in [1.82, 2.24) is 10.6 Å². The molecule has 5 nitrogen and oxygen atoms in total. The van der Waals surface area contributed by atoms with E-state index in [1.807, 2.05) is 24.3 Å². The Balaban J connectivity index is 1.50. The predicted octanol–water partition coefficient (Wildman–Crippen LogP) is 3.33. The molecule has 1 aliphatic carbocycles. The zero-order chi connectivity index (χ0) is 19.9. The molecule has 0 atom stereocenters. The zero-order valence-electron chi connectivity index (χ0n) is 15.3. The lowest BCUT2D eigenvalue weighted by Crippen LogP contribution is -2.36. The minimum Gasteiger partial charge on any atom is -0.490 e. The zero-order valence-corrected chi connectivity index (χ0v) is 15.3. The first-order valence-corrected chi connectivity index (χ1v) is 9.27. The second-order valence-electron chi connectivity index (χ2n) is 6.75. The number of carbonyl (C=O) groups excluding carboxylic acids is 2. The Bertz CT molecular complexity index is 831. The molecule has 2 aromatic carbocycles. The third-order valence-corrected chi connectivity index (χ3v) is 4.58. The first-order valence-electron chi connectivity index (χ1n) is 9.27. The van der Waals surface area contributed by atoms with Gasteiger partial charge in [-0.3, -0.25) is 9.59 Å². The molecule has 1 saturated carbocycles. The van der Waals surface area contributed by atoms with E-state index in [2.05, 4.69) is 10.6 Å². The molecule has 0 unspecified atom stereocenters. The van der Waals surface area contributed by atoms with Crippen LogP contribution in [0.5, 0.6) is 5.75 Å². The SMILES string of the molecule is O=C(CNC(=O)c1cc(F)cc(F)c1)NCc1ccccc1OC1CCCC1. The Morgan fingerprint density at radius 2 is 1.68 bits per heavy atom. The maximum absolute atomic E-state index is 13.2. The van der Waals surface area contributed by atoms with Gasteiger partial charge >= 0.3 is 0 Å². The average molecular weight is 388 g/mol. The molecule has 3 rings (SSSR count). The smallest absolute Gasteiger partial charge is 0.251 e. The van der Waals surface area contributed by atoms with E-state index in [0.29, 0.717) is 6.07 Å². The van der Waals surface area contributed by atoms with Crippen LogP contribution in [0.2, 0.25) is 0 Å². The lowest BCUT2D eigenvalue weighted by molar-refractivity contribution is -0.120. The monoisotopic (exact) mass is 388 g/mol. The van der Waals surface area contributed by atoms with E-state index < -0.39 is 23.4 Å². The Morgan fingerprint density at radius 1 is 1.00 bits per heavy atom. The van der Waals surface area contributed by atoms with Crippen molar-refractivity contribution >= 4 is 11.8 Å². The van der Waals surface area contributed by atoms with Gasteiger partial charge in [-0.05, 0) is 43.9 Å². The summed E-state index contributed by atoms with van der Waals surface area (Å²) in [4.78, 5) is 24.0. The summed E-state index contributed by atoms with van der Waals surface area (Å²) in [5.74, 6) is -2.10. The Labute approximate surface area is 162 Å². The number of benzene rings is 2. The van der Waals surface area contributed by atoms with Crippen LogP contribution in [0.4, 0.5) is 8.78 Å². The molecule has 1 aliphatic rings. The highest BCUT2D eigenvalue weighted by atomic mass is 19.1. The number of amides is 2. The van der Waals surface area contributed by atoms with Gasteiger partial charge in [0.15, 0.2) is 0 Å². The molecular weight excluding hydrogens is 366 g/mol. The van der Waals surface area contributed by atoms with Gasteiger partial charge in [0.25, 0.3) is 5.91 Å². The van der Waals surface area contributed by atoms with Crippen molar-refractivity contribution in [3.05, 3.63) is 65.2 Å². The van der Waals surface area contributed by atoms with E-state index in [9.17, 15) is 18.4 Å². The van der Waals surface area contributed by atoms with Crippen LogP contribution < -0.4 is 15.4 Å². The van der Waals surface area contributed by atoms with Crippen LogP contribution in [-0.4, -0.2) is 24.5 Å². The lowest BCUT2D eigenvalue weighted by Gasteiger charge is -2.17. The fourth-order valence-corrected chi connectivity index (χ4v) is 3.15. The minimum absolute atomic E-state index is 0.180. The van der Waals surface area contributed by atoms with Gasteiger partial charge in [0, 0.05) is 23.7 Å². The summed E-state index contributed by atoms with van der Waals surface area (Å²) in [7, 11) is 0. The van der Waals surface area contributed by atoms with Crippen LogP contribution in [-0.2, 0) is 11.3 Å². The number of para-hydroxylation sites is 1. The van der Waals surface area contributed by atoms with Crippen molar-refractivity contribution in [2.45, 2.75) is 38.3 Å². The summed E-state index contributed by atoms with van der Waals surface area (Å²) in [5.41, 5.74) is 0.668. The molecule has 2 aromatic rings. The van der Waals surface area contributed by atoms with E-state index in [1.54, 1.807) is 0 Å². The number of halogens is 2. The predicted molar refractivity (Wildman–Crippen MR) is 99.9 cm³/mol. The molecule has 28 heavy (non-hydrogen) atoms. The van der Waals surface area contributed by atoms with Gasteiger partial charge in [0.1, 0.15) is 17.4 Å². The highest BCUT2D eigenvalue weighted by molar-refractivity contribution is 5.96. The quantitative estimate of drug-likeness (QED) is 0.765. The third-order valence-electron chi connectivity index (χ3n) is 4.58. The number of hydrogen-bond donors (Lipinski definition) is 2. The van der Waals surface area contributed by atoms with Crippen molar-refractivity contribution < 1.29 is 23.1 Å². The standard InChI is InChI=1S/C21H22F2N2O3/c22-16-9-15(10-17(23)11-16)21(27)25-13-20(26)24-12-14-5-1-4-8-19(14)28-18-6-2-3-7-18/h1,4-5,8-11,18H,2-3,6-7,12-13H2,(H,24,26)(H,25,27). The number of carbonyl (C=O) groups is 2. The molecular formula is C21H22F2N2O3. The van der Waals surface area contributed by atoms with E-state index in [0.717, 1.165) is 36.3 Å². The molecule has 0 aliphatic heterocycles. The Kier molecular flexibility index (Phi) is 6.57. The highest BCUT2D eigenvalue weighted by Crippen LogP contribution is 2.26. The molecule has 0 heterocycles. The third kappa shape index (κ3) is 5.52. The molecule has 0 saturated heterocycles. The van der Waals surface area contributed by atoms with Crippen molar-refractivity contribution in [2.75, 3.05) is 6.54 Å². The molecule has 0 spiro atoms. The Hall–Kier alpha value is -2.96. The van der Waals surface area contributed by atoms with E-state index in [4.69, 9.17) is 4.74 Å². The lowest BCUT2D eigenvalue weighted by atomic mass is 10.2. The molecule has 0 bridgehead atoms. The van der Waals surface area contributed by atoms with Crippen LogP contribution in [0, 0.1) is 11.6 Å². The van der Waals surface area contributed by atoms with Gasteiger partial charge in [0.2, 0.25) is 5.91 Å². The van der Waals surface area contributed by atoms with Crippen molar-refractivity contribution in [3.63, 3.8) is 0 Å². The maximum atomic E-state index is 13.2. The van der Waals surface area contributed by atoms with Gasteiger partial charge in [-0.25, -0.2) is 8.78 Å². The number of hydrogen-bond acceptors (Lipinski definition) is 3. The molecule has 0 aromatic heterocycles. The van der Waals surface area contributed by atoms with E-state index >= 15 is 0 Å². The second-order valence-corrected chi connectivity index (χ2v) is 6.75. The van der Waals surface area contributed by atoms with E-state index in [1.165, 1.54) is 12.8 Å². The fraction of sp³-hybridized carbons (Fsp3) is 0.333. The summed E-state index contributed by atoms with van der Waals surface area (Å²) < 4.78 is 32.4. The normalized spacial score (nSPS) is 13.9. The largest absolute Gasteiger partial charge is 0.490 e. The number of nitrogens with one attached hydrogen (secondary N) is 2. The van der Waals surface area contributed by atoms with Crippen molar-refractivity contribution in [2.24, 2.45) is 0 Å². The molecule has 0 radical (unpaired) electrons. The summed E-state index contributed by atoms with van der Waals surface area (Å²) in [6.07, 6.45) is 4.61. The van der Waals surface area contributed by atoms with Crippen LogP contribution in [0.3, 0.4) is 0 Å². The number of rotatable bonds is 7. The summed E-state index contributed by atoms with van der Waals surface area (Å²) in [6.45, 7) is -0.0468. The van der Waals surface area contributed by atoms with Crippen LogP contribution >= 0.6 is 0 Å². The molecule has 148 valence electrons.